The van der Waals surface area contributed by atoms with E-state index >= 15 is 0 Å². The molecule has 0 radical (unpaired) electrons. The lowest BCUT2D eigenvalue weighted by Gasteiger charge is -2.34. The van der Waals surface area contributed by atoms with Gasteiger partial charge in [0.25, 0.3) is 0 Å². The maximum absolute atomic E-state index is 13.1. The van der Waals surface area contributed by atoms with Gasteiger partial charge in [-0.05, 0) is 106 Å². The summed E-state index contributed by atoms with van der Waals surface area (Å²) in [5.74, 6) is 0.630. The molecule has 5 rings (SSSR count). The number of fused-ring (bicyclic) bond motifs is 1. The smallest absolute Gasteiger partial charge is 0.318 e. The average molecular weight is 478 g/mol. The van der Waals surface area contributed by atoms with E-state index in [4.69, 9.17) is 0 Å². The molecule has 186 valence electrons. The van der Waals surface area contributed by atoms with E-state index in [-0.39, 0.29) is 29.6 Å². The second kappa shape index (κ2) is 10.9. The van der Waals surface area contributed by atoms with Crippen LogP contribution >= 0.6 is 0 Å². The molecule has 1 aliphatic carbocycles. The van der Waals surface area contributed by atoms with Crippen molar-refractivity contribution >= 4 is 11.8 Å². The maximum Gasteiger partial charge on any atom is 0.318 e. The zero-order chi connectivity index (χ0) is 24.2. The van der Waals surface area contributed by atoms with Gasteiger partial charge in [-0.2, -0.15) is 0 Å². The van der Waals surface area contributed by atoms with E-state index in [2.05, 4.69) is 22.3 Å². The second-order valence-corrected chi connectivity index (χ2v) is 10.6. The van der Waals surface area contributed by atoms with E-state index in [1.165, 1.54) is 42.5 Å². The highest BCUT2D eigenvalue weighted by molar-refractivity contribution is 5.97. The number of carbonyl (C=O) groups is 2. The van der Waals surface area contributed by atoms with Crippen LogP contribution in [-0.2, 0) is 13.1 Å². The predicted octanol–water partition coefficient (Wildman–Crippen LogP) is 5.39. The average Bonchev–Trinajstić information content (AvgIpc) is 3.33. The van der Waals surface area contributed by atoms with Crippen LogP contribution in [0.15, 0.2) is 48.5 Å². The number of hydrogen-bond donors (Lipinski definition) is 1. The summed E-state index contributed by atoms with van der Waals surface area (Å²) < 4.78 is 13.1. The Hall–Kier alpha value is -2.73. The molecule has 6 heteroatoms. The Morgan fingerprint density at radius 3 is 2.11 bits per heavy atom. The van der Waals surface area contributed by atoms with Gasteiger partial charge >= 0.3 is 6.03 Å². The highest BCUT2D eigenvalue weighted by Gasteiger charge is 2.29. The molecule has 2 aromatic rings. The van der Waals surface area contributed by atoms with Crippen LogP contribution in [-0.4, -0.2) is 47.3 Å². The van der Waals surface area contributed by atoms with E-state index < -0.39 is 0 Å². The molecule has 0 unspecified atom stereocenters. The first-order chi connectivity index (χ1) is 17.0. The van der Waals surface area contributed by atoms with Gasteiger partial charge in [0.05, 0.1) is 0 Å². The topological polar surface area (TPSA) is 52.7 Å². The summed E-state index contributed by atoms with van der Waals surface area (Å²) >= 11 is 0. The zero-order valence-electron chi connectivity index (χ0n) is 20.4. The Morgan fingerprint density at radius 2 is 1.49 bits per heavy atom. The van der Waals surface area contributed by atoms with E-state index in [0.29, 0.717) is 18.7 Å². The van der Waals surface area contributed by atoms with Gasteiger partial charge in [0.2, 0.25) is 0 Å². The molecule has 1 N–H and O–H groups in total. The van der Waals surface area contributed by atoms with Crippen LogP contribution < -0.4 is 5.32 Å². The molecule has 0 atom stereocenters. The Bertz CT molecular complexity index is 999. The van der Waals surface area contributed by atoms with Crippen LogP contribution in [0.4, 0.5) is 9.18 Å². The molecule has 0 spiro atoms. The van der Waals surface area contributed by atoms with Crippen molar-refractivity contribution in [3.8, 4) is 0 Å². The van der Waals surface area contributed by atoms with Crippen molar-refractivity contribution in [2.75, 3.05) is 19.6 Å². The molecule has 0 aromatic heterocycles. The van der Waals surface area contributed by atoms with Gasteiger partial charge < -0.3 is 15.1 Å². The fraction of sp³-hybridized carbons (Fsp3) is 0.517. The van der Waals surface area contributed by atoms with Gasteiger partial charge in [-0.15, -0.1) is 0 Å². The van der Waals surface area contributed by atoms with Crippen molar-refractivity contribution in [3.63, 3.8) is 0 Å². The Morgan fingerprint density at radius 1 is 0.857 bits per heavy atom. The highest BCUT2D eigenvalue weighted by Crippen LogP contribution is 2.29. The third-order valence-electron chi connectivity index (χ3n) is 8.24. The van der Waals surface area contributed by atoms with Crippen LogP contribution in [0, 0.1) is 17.7 Å². The predicted molar refractivity (Wildman–Crippen MR) is 134 cm³/mol. The molecule has 2 aromatic carbocycles. The van der Waals surface area contributed by atoms with Crippen LogP contribution in [0.1, 0.15) is 66.4 Å². The normalized spacial score (nSPS) is 23.2. The molecule has 1 saturated carbocycles. The zero-order valence-corrected chi connectivity index (χ0v) is 20.4. The summed E-state index contributed by atoms with van der Waals surface area (Å²) in [6, 6.07) is 14.6. The summed E-state index contributed by atoms with van der Waals surface area (Å²) in [7, 11) is 0. The van der Waals surface area contributed by atoms with Gasteiger partial charge in [0.15, 0.2) is 5.78 Å². The lowest BCUT2D eigenvalue weighted by molar-refractivity contribution is 0.0832. The standard InChI is InChI=1S/C29H36FN3O2/c30-26-9-7-22(8-10-26)28(34)23-14-17-32(18-15-23)16-13-21-5-11-27(12-6-21)31-29(35)33-19-24-3-1-2-4-25(24)20-33/h1-4,7-10,21,23,27H,5-6,11-20H2,(H,31,35). The third kappa shape index (κ3) is 5.92. The monoisotopic (exact) mass is 477 g/mol. The number of ketones is 1. The van der Waals surface area contributed by atoms with Crippen molar-refractivity contribution in [2.45, 2.75) is 64.1 Å². The first kappa shape index (κ1) is 24.0. The van der Waals surface area contributed by atoms with Crippen LogP contribution in [0.25, 0.3) is 0 Å². The quantitative estimate of drug-likeness (QED) is 0.567. The molecular formula is C29H36FN3O2. The Labute approximate surface area is 207 Å². The molecule has 2 aliphatic heterocycles. The number of nitrogens with zero attached hydrogens (tertiary/aromatic N) is 2. The first-order valence-corrected chi connectivity index (χ1v) is 13.2. The Kier molecular flexibility index (Phi) is 7.47. The molecule has 1 saturated heterocycles. The lowest BCUT2D eigenvalue weighted by Crippen LogP contribution is -2.44. The lowest BCUT2D eigenvalue weighted by atomic mass is 9.83. The van der Waals surface area contributed by atoms with E-state index in [0.717, 1.165) is 51.2 Å². The summed E-state index contributed by atoms with van der Waals surface area (Å²) in [6.45, 7) is 4.43. The number of amides is 2. The maximum atomic E-state index is 13.1. The van der Waals surface area contributed by atoms with Crippen molar-refractivity contribution in [1.82, 2.24) is 15.1 Å². The minimum absolute atomic E-state index is 0.0548. The van der Waals surface area contributed by atoms with Crippen LogP contribution in [0.2, 0.25) is 0 Å². The number of urea groups is 1. The van der Waals surface area contributed by atoms with Crippen molar-refractivity contribution < 1.29 is 14.0 Å². The Balaban J connectivity index is 0.983. The number of benzene rings is 2. The van der Waals surface area contributed by atoms with Gasteiger partial charge in [0.1, 0.15) is 5.82 Å². The highest BCUT2D eigenvalue weighted by atomic mass is 19.1. The number of Topliss-reactive ketones (excluding diaryl/α,β-unsaturated/α-hetero) is 1. The SMILES string of the molecule is O=C(c1ccc(F)cc1)C1CCN(CCC2CCC(NC(=O)N3Cc4ccccc4C3)CC2)CC1. The van der Waals surface area contributed by atoms with Gasteiger partial charge in [-0.3, -0.25) is 4.79 Å². The number of piperidine rings is 1. The molecule has 0 bridgehead atoms. The van der Waals surface area contributed by atoms with Crippen molar-refractivity contribution in [1.29, 1.82) is 0 Å². The van der Waals surface area contributed by atoms with Gasteiger partial charge in [-0.25, -0.2) is 9.18 Å². The summed E-state index contributed by atoms with van der Waals surface area (Å²) in [6.07, 6.45) is 7.43. The van der Waals surface area contributed by atoms with E-state index in [9.17, 15) is 14.0 Å². The number of carbonyl (C=O) groups excluding carboxylic acids is 2. The largest absolute Gasteiger partial charge is 0.335 e. The van der Waals surface area contributed by atoms with E-state index in [1.807, 2.05) is 17.0 Å². The number of likely N-dealkylation sites (tertiary alicyclic amines) is 1. The molecule has 2 fully saturated rings. The minimum Gasteiger partial charge on any atom is -0.335 e. The number of rotatable bonds is 6. The molecule has 5 nitrogen and oxygen atoms in total. The summed E-state index contributed by atoms with van der Waals surface area (Å²) in [5, 5.41) is 3.28. The van der Waals surface area contributed by atoms with Gasteiger partial charge in [-0.1, -0.05) is 24.3 Å². The summed E-state index contributed by atoms with van der Waals surface area (Å²) in [5.41, 5.74) is 3.15. The molecule has 3 aliphatic rings. The molecular weight excluding hydrogens is 441 g/mol. The van der Waals surface area contributed by atoms with Gasteiger partial charge in [0, 0.05) is 30.6 Å². The van der Waals surface area contributed by atoms with Crippen LogP contribution in [0.3, 0.4) is 0 Å². The fourth-order valence-corrected chi connectivity index (χ4v) is 5.97. The second-order valence-electron chi connectivity index (χ2n) is 10.6. The third-order valence-corrected chi connectivity index (χ3v) is 8.24. The van der Waals surface area contributed by atoms with Crippen molar-refractivity contribution in [2.24, 2.45) is 11.8 Å². The number of hydrogen-bond acceptors (Lipinski definition) is 3. The number of nitrogens with one attached hydrogen (secondary N) is 1. The van der Waals surface area contributed by atoms with Crippen molar-refractivity contribution in [3.05, 3.63) is 71.0 Å². The summed E-state index contributed by atoms with van der Waals surface area (Å²) in [4.78, 5) is 29.9. The fourth-order valence-electron chi connectivity index (χ4n) is 5.97. The minimum atomic E-state index is -0.301. The number of halogens is 1. The van der Waals surface area contributed by atoms with E-state index in [1.54, 1.807) is 12.1 Å². The first-order valence-electron chi connectivity index (χ1n) is 13.2. The van der Waals surface area contributed by atoms with Crippen LogP contribution in [0.5, 0.6) is 0 Å². The molecule has 2 heterocycles. The molecule has 2 amide bonds. The molecule has 35 heavy (non-hydrogen) atoms.